The molecule has 100 valence electrons. The predicted octanol–water partition coefficient (Wildman–Crippen LogP) is 3.25. The molecule has 2 N–H and O–H groups in total. The summed E-state index contributed by atoms with van der Waals surface area (Å²) >= 11 is 1.45. The van der Waals surface area contributed by atoms with Crippen molar-refractivity contribution in [2.75, 3.05) is 7.11 Å². The number of carbonyl (C=O) groups is 1. The van der Waals surface area contributed by atoms with Crippen molar-refractivity contribution >= 4 is 17.4 Å². The molecule has 0 radical (unpaired) electrons. The lowest BCUT2D eigenvalue weighted by Crippen LogP contribution is -2.27. The van der Waals surface area contributed by atoms with Crippen molar-refractivity contribution in [3.05, 3.63) is 52.0 Å². The summed E-state index contributed by atoms with van der Waals surface area (Å²) in [6, 6.07) is 5.60. The van der Waals surface area contributed by atoms with Gasteiger partial charge in [0.05, 0.1) is 13.2 Å². The van der Waals surface area contributed by atoms with Gasteiger partial charge < -0.3 is 15.2 Å². The average molecular weight is 281 g/mol. The van der Waals surface area contributed by atoms with Crippen molar-refractivity contribution in [1.29, 1.82) is 0 Å². The Kier molecular flexibility index (Phi) is 4.01. The maximum Gasteiger partial charge on any atom is 0.405 e. The molecule has 1 unspecified atom stereocenters. The quantitative estimate of drug-likeness (QED) is 0.904. The van der Waals surface area contributed by atoms with Gasteiger partial charge >= 0.3 is 6.09 Å². The fraction of sp³-hybridized carbons (Fsp3) is 0.154. The maximum absolute atomic E-state index is 13.7. The molecule has 0 spiro atoms. The van der Waals surface area contributed by atoms with Crippen molar-refractivity contribution in [2.24, 2.45) is 0 Å². The number of benzene rings is 1. The Balaban J connectivity index is 2.38. The molecule has 1 aromatic carbocycles. The van der Waals surface area contributed by atoms with Gasteiger partial charge in [-0.05, 0) is 40.1 Å². The molecule has 4 nitrogen and oxygen atoms in total. The van der Waals surface area contributed by atoms with E-state index < -0.39 is 18.0 Å². The fourth-order valence-corrected chi connectivity index (χ4v) is 2.47. The average Bonchev–Trinajstić information content (AvgIpc) is 2.89. The number of amides is 1. The molecule has 0 fully saturated rings. The van der Waals surface area contributed by atoms with Crippen molar-refractivity contribution in [1.82, 2.24) is 5.32 Å². The summed E-state index contributed by atoms with van der Waals surface area (Å²) in [6.45, 7) is 0. The number of halogens is 1. The van der Waals surface area contributed by atoms with Gasteiger partial charge in [-0.15, -0.1) is 0 Å². The van der Waals surface area contributed by atoms with Gasteiger partial charge in [-0.1, -0.05) is 6.07 Å². The minimum atomic E-state index is -1.16. The number of nitrogens with one attached hydrogen (secondary N) is 1. The molecule has 6 heteroatoms. The summed E-state index contributed by atoms with van der Waals surface area (Å²) in [7, 11) is 1.38. The Morgan fingerprint density at radius 1 is 1.42 bits per heavy atom. The van der Waals surface area contributed by atoms with E-state index in [1.165, 1.54) is 30.6 Å². The number of rotatable bonds is 4. The molecule has 0 aliphatic carbocycles. The van der Waals surface area contributed by atoms with Crippen molar-refractivity contribution in [3.8, 4) is 5.75 Å². The molecular weight excluding hydrogens is 269 g/mol. The van der Waals surface area contributed by atoms with Crippen LogP contribution in [0.3, 0.4) is 0 Å². The zero-order valence-electron chi connectivity index (χ0n) is 10.1. The molecule has 0 aliphatic rings. The fourth-order valence-electron chi connectivity index (χ4n) is 1.78. The van der Waals surface area contributed by atoms with Crippen LogP contribution in [0.1, 0.15) is 17.2 Å². The standard InChI is InChI=1S/C13H12FNO3S/c1-18-11-3-2-8(6-10(11)14)12(15-13(16)17)9-4-5-19-7-9/h2-7,12,15H,1H3,(H,16,17). The third kappa shape index (κ3) is 3.03. The Hall–Kier alpha value is -2.08. The summed E-state index contributed by atoms with van der Waals surface area (Å²) in [5.41, 5.74) is 1.30. The van der Waals surface area contributed by atoms with Crippen molar-refractivity contribution in [3.63, 3.8) is 0 Å². The molecule has 2 aromatic rings. The largest absolute Gasteiger partial charge is 0.494 e. The SMILES string of the molecule is COc1ccc(C(NC(=O)O)c2ccsc2)cc1F. The van der Waals surface area contributed by atoms with Crippen molar-refractivity contribution < 1.29 is 19.0 Å². The third-order valence-electron chi connectivity index (χ3n) is 2.65. The lowest BCUT2D eigenvalue weighted by atomic mass is 10.0. The number of hydrogen-bond acceptors (Lipinski definition) is 3. The van der Waals surface area contributed by atoms with E-state index in [0.29, 0.717) is 5.56 Å². The van der Waals surface area contributed by atoms with Crippen LogP contribution in [0.5, 0.6) is 5.75 Å². The van der Waals surface area contributed by atoms with Gasteiger partial charge in [0.15, 0.2) is 11.6 Å². The highest BCUT2D eigenvalue weighted by Crippen LogP contribution is 2.27. The van der Waals surface area contributed by atoms with E-state index in [4.69, 9.17) is 9.84 Å². The molecule has 0 aliphatic heterocycles. The van der Waals surface area contributed by atoms with E-state index >= 15 is 0 Å². The van der Waals surface area contributed by atoms with Gasteiger partial charge in [0.2, 0.25) is 0 Å². The molecule has 0 saturated heterocycles. The highest BCUT2D eigenvalue weighted by molar-refractivity contribution is 7.08. The summed E-state index contributed by atoms with van der Waals surface area (Å²) in [6.07, 6.45) is -1.16. The van der Waals surface area contributed by atoms with E-state index in [-0.39, 0.29) is 5.75 Å². The lowest BCUT2D eigenvalue weighted by molar-refractivity contribution is 0.191. The van der Waals surface area contributed by atoms with Crippen LogP contribution in [0, 0.1) is 5.82 Å². The Morgan fingerprint density at radius 2 is 2.21 bits per heavy atom. The molecular formula is C13H12FNO3S. The molecule has 19 heavy (non-hydrogen) atoms. The summed E-state index contributed by atoms with van der Waals surface area (Å²) < 4.78 is 18.5. The number of hydrogen-bond donors (Lipinski definition) is 2. The number of thiophene rings is 1. The third-order valence-corrected chi connectivity index (χ3v) is 3.35. The number of ether oxygens (including phenoxy) is 1. The maximum atomic E-state index is 13.7. The lowest BCUT2D eigenvalue weighted by Gasteiger charge is -2.17. The topological polar surface area (TPSA) is 58.6 Å². The minimum absolute atomic E-state index is 0.128. The minimum Gasteiger partial charge on any atom is -0.494 e. The van der Waals surface area contributed by atoms with E-state index in [1.54, 1.807) is 12.1 Å². The second kappa shape index (κ2) is 5.71. The summed E-state index contributed by atoms with van der Waals surface area (Å²) in [5.74, 6) is -0.393. The van der Waals surface area contributed by atoms with E-state index in [9.17, 15) is 9.18 Å². The van der Waals surface area contributed by atoms with E-state index in [1.807, 2.05) is 10.8 Å². The van der Waals surface area contributed by atoms with Crippen molar-refractivity contribution in [2.45, 2.75) is 6.04 Å². The smallest absolute Gasteiger partial charge is 0.405 e. The van der Waals surface area contributed by atoms with Gasteiger partial charge in [0.25, 0.3) is 0 Å². The Morgan fingerprint density at radius 3 is 2.74 bits per heavy atom. The zero-order chi connectivity index (χ0) is 13.8. The monoisotopic (exact) mass is 281 g/mol. The molecule has 0 saturated carbocycles. The molecule has 1 atom stereocenters. The van der Waals surface area contributed by atoms with Crippen LogP contribution < -0.4 is 10.1 Å². The first-order valence-electron chi connectivity index (χ1n) is 5.47. The molecule has 2 rings (SSSR count). The first-order valence-corrected chi connectivity index (χ1v) is 6.41. The Bertz CT molecular complexity index is 571. The van der Waals surface area contributed by atoms with E-state index in [0.717, 1.165) is 5.56 Å². The number of carboxylic acid groups (broad SMARTS) is 1. The van der Waals surface area contributed by atoms with E-state index in [2.05, 4.69) is 5.32 Å². The van der Waals surface area contributed by atoms with Crippen LogP contribution in [0.25, 0.3) is 0 Å². The second-order valence-electron chi connectivity index (χ2n) is 3.83. The normalized spacial score (nSPS) is 11.9. The van der Waals surface area contributed by atoms with Gasteiger partial charge in [0.1, 0.15) is 0 Å². The number of methoxy groups -OCH3 is 1. The van der Waals surface area contributed by atoms with Crippen LogP contribution >= 0.6 is 11.3 Å². The molecule has 1 heterocycles. The summed E-state index contributed by atoms with van der Waals surface area (Å²) in [4.78, 5) is 10.9. The predicted molar refractivity (Wildman–Crippen MR) is 70.3 cm³/mol. The van der Waals surface area contributed by atoms with Crippen LogP contribution in [0.2, 0.25) is 0 Å². The molecule has 1 amide bonds. The highest BCUT2D eigenvalue weighted by Gasteiger charge is 2.18. The van der Waals surface area contributed by atoms with Crippen LogP contribution in [-0.2, 0) is 0 Å². The first kappa shape index (κ1) is 13.4. The zero-order valence-corrected chi connectivity index (χ0v) is 10.9. The highest BCUT2D eigenvalue weighted by atomic mass is 32.1. The molecule has 0 bridgehead atoms. The van der Waals surface area contributed by atoms with Crippen LogP contribution in [0.4, 0.5) is 9.18 Å². The summed E-state index contributed by atoms with van der Waals surface area (Å²) in [5, 5.41) is 14.9. The van der Waals surface area contributed by atoms with Crippen LogP contribution in [-0.4, -0.2) is 18.3 Å². The van der Waals surface area contributed by atoms with Crippen LogP contribution in [0.15, 0.2) is 35.0 Å². The van der Waals surface area contributed by atoms with Gasteiger partial charge in [-0.2, -0.15) is 11.3 Å². The Labute approximate surface area is 113 Å². The first-order chi connectivity index (χ1) is 9.11. The van der Waals surface area contributed by atoms with Gasteiger partial charge in [-0.25, -0.2) is 9.18 Å². The molecule has 1 aromatic heterocycles. The second-order valence-corrected chi connectivity index (χ2v) is 4.61. The van der Waals surface area contributed by atoms with Gasteiger partial charge in [-0.3, -0.25) is 0 Å². The van der Waals surface area contributed by atoms with Gasteiger partial charge in [0, 0.05) is 0 Å².